The van der Waals surface area contributed by atoms with Gasteiger partial charge in [-0.25, -0.2) is 4.79 Å². The molecule has 0 N–H and O–H groups in total. The Morgan fingerprint density at radius 1 is 1.05 bits per heavy atom. The molecular formula is C16H15BrO4. The Kier molecular flexibility index (Phi) is 5.22. The lowest BCUT2D eigenvalue weighted by Crippen LogP contribution is -2.08. The highest BCUT2D eigenvalue weighted by molar-refractivity contribution is 9.10. The third-order valence-corrected chi connectivity index (χ3v) is 3.71. The summed E-state index contributed by atoms with van der Waals surface area (Å²) in [5, 5.41) is 0. The Morgan fingerprint density at radius 3 is 2.48 bits per heavy atom. The van der Waals surface area contributed by atoms with Crippen molar-refractivity contribution < 1.29 is 19.0 Å². The van der Waals surface area contributed by atoms with Crippen LogP contribution in [0.2, 0.25) is 0 Å². The van der Waals surface area contributed by atoms with E-state index in [1.807, 2.05) is 24.3 Å². The summed E-state index contributed by atoms with van der Waals surface area (Å²) in [4.78, 5) is 12.2. The van der Waals surface area contributed by atoms with Crippen LogP contribution in [0.1, 0.15) is 15.9 Å². The highest BCUT2D eigenvalue weighted by Gasteiger charge is 2.17. The van der Waals surface area contributed by atoms with Gasteiger partial charge in [0, 0.05) is 10.0 Å². The number of para-hydroxylation sites is 1. The summed E-state index contributed by atoms with van der Waals surface area (Å²) < 4.78 is 16.6. The number of carbonyl (C=O) groups is 1. The zero-order valence-electron chi connectivity index (χ0n) is 11.8. The second-order valence-electron chi connectivity index (χ2n) is 4.21. The lowest BCUT2D eigenvalue weighted by Gasteiger charge is -2.12. The number of benzene rings is 2. The van der Waals surface area contributed by atoms with Crippen LogP contribution in [-0.4, -0.2) is 20.2 Å². The van der Waals surface area contributed by atoms with Crippen molar-refractivity contribution in [2.75, 3.05) is 14.2 Å². The fourth-order valence-electron chi connectivity index (χ4n) is 1.88. The second kappa shape index (κ2) is 7.13. The highest BCUT2D eigenvalue weighted by atomic mass is 79.9. The maximum Gasteiger partial charge on any atom is 0.342 e. The molecule has 0 aliphatic carbocycles. The predicted octanol–water partition coefficient (Wildman–Crippen LogP) is 3.82. The number of halogens is 1. The maximum absolute atomic E-state index is 12.2. The van der Waals surface area contributed by atoms with Crippen molar-refractivity contribution in [3.8, 4) is 11.5 Å². The monoisotopic (exact) mass is 350 g/mol. The Morgan fingerprint density at radius 2 is 1.81 bits per heavy atom. The quantitative estimate of drug-likeness (QED) is 0.769. The number of methoxy groups -OCH3 is 2. The molecule has 0 atom stereocenters. The van der Waals surface area contributed by atoms with Crippen molar-refractivity contribution >= 4 is 21.9 Å². The zero-order chi connectivity index (χ0) is 15.2. The van der Waals surface area contributed by atoms with Crippen LogP contribution in [-0.2, 0) is 11.3 Å². The molecule has 5 heteroatoms. The van der Waals surface area contributed by atoms with E-state index < -0.39 is 5.97 Å². The van der Waals surface area contributed by atoms with Gasteiger partial charge in [-0.3, -0.25) is 0 Å². The lowest BCUT2D eigenvalue weighted by atomic mass is 10.2. The van der Waals surface area contributed by atoms with Crippen LogP contribution in [0.5, 0.6) is 11.5 Å². The van der Waals surface area contributed by atoms with Crippen LogP contribution in [0.25, 0.3) is 0 Å². The molecule has 0 amide bonds. The maximum atomic E-state index is 12.2. The number of hydrogen-bond donors (Lipinski definition) is 0. The minimum Gasteiger partial charge on any atom is -0.493 e. The topological polar surface area (TPSA) is 44.8 Å². The van der Waals surface area contributed by atoms with E-state index in [2.05, 4.69) is 15.9 Å². The number of carbonyl (C=O) groups excluding carboxylic acids is 1. The lowest BCUT2D eigenvalue weighted by molar-refractivity contribution is 0.0467. The molecular weight excluding hydrogens is 336 g/mol. The summed E-state index contributed by atoms with van der Waals surface area (Å²) in [6, 6.07) is 12.7. The van der Waals surface area contributed by atoms with E-state index in [1.165, 1.54) is 14.2 Å². The first-order valence-electron chi connectivity index (χ1n) is 6.29. The first kappa shape index (κ1) is 15.4. The van der Waals surface area contributed by atoms with Crippen molar-refractivity contribution in [2.24, 2.45) is 0 Å². The van der Waals surface area contributed by atoms with Crippen molar-refractivity contribution in [3.63, 3.8) is 0 Å². The molecule has 0 heterocycles. The van der Waals surface area contributed by atoms with Gasteiger partial charge in [0.05, 0.1) is 14.2 Å². The normalized spacial score (nSPS) is 10.0. The number of esters is 1. The molecule has 0 aliphatic heterocycles. The summed E-state index contributed by atoms with van der Waals surface area (Å²) in [5.74, 6) is 0.409. The van der Waals surface area contributed by atoms with Gasteiger partial charge in [-0.15, -0.1) is 0 Å². The number of rotatable bonds is 5. The van der Waals surface area contributed by atoms with Gasteiger partial charge in [-0.2, -0.15) is 0 Å². The first-order chi connectivity index (χ1) is 10.2. The molecule has 0 bridgehead atoms. The van der Waals surface area contributed by atoms with Gasteiger partial charge in [0.2, 0.25) is 0 Å². The zero-order valence-corrected chi connectivity index (χ0v) is 13.3. The van der Waals surface area contributed by atoms with E-state index in [4.69, 9.17) is 14.2 Å². The molecule has 0 saturated heterocycles. The number of hydrogen-bond acceptors (Lipinski definition) is 4. The third kappa shape index (κ3) is 3.55. The first-order valence-corrected chi connectivity index (χ1v) is 7.08. The Bertz CT molecular complexity index is 640. The predicted molar refractivity (Wildman–Crippen MR) is 82.8 cm³/mol. The van der Waals surface area contributed by atoms with Gasteiger partial charge in [0.25, 0.3) is 0 Å². The van der Waals surface area contributed by atoms with Gasteiger partial charge in [-0.05, 0) is 18.2 Å². The van der Waals surface area contributed by atoms with Crippen molar-refractivity contribution in [1.82, 2.24) is 0 Å². The average Bonchev–Trinajstić information content (AvgIpc) is 2.52. The minimum absolute atomic E-state index is 0.181. The average molecular weight is 351 g/mol. The van der Waals surface area contributed by atoms with Crippen LogP contribution in [0.15, 0.2) is 46.9 Å². The highest BCUT2D eigenvalue weighted by Crippen LogP contribution is 2.31. The van der Waals surface area contributed by atoms with Crippen LogP contribution < -0.4 is 9.47 Å². The Balaban J connectivity index is 2.16. The van der Waals surface area contributed by atoms with E-state index in [1.54, 1.807) is 18.2 Å². The molecule has 0 aromatic heterocycles. The molecule has 21 heavy (non-hydrogen) atoms. The molecule has 2 aromatic carbocycles. The van der Waals surface area contributed by atoms with Gasteiger partial charge in [0.1, 0.15) is 12.2 Å². The van der Waals surface area contributed by atoms with E-state index in [0.717, 1.165) is 10.0 Å². The van der Waals surface area contributed by atoms with Crippen molar-refractivity contribution in [1.29, 1.82) is 0 Å². The van der Waals surface area contributed by atoms with E-state index in [-0.39, 0.29) is 6.61 Å². The van der Waals surface area contributed by atoms with E-state index in [0.29, 0.717) is 17.1 Å². The summed E-state index contributed by atoms with van der Waals surface area (Å²) in [5.41, 5.74) is 1.23. The smallest absolute Gasteiger partial charge is 0.342 e. The van der Waals surface area contributed by atoms with Gasteiger partial charge >= 0.3 is 5.97 Å². The van der Waals surface area contributed by atoms with Crippen molar-refractivity contribution in [2.45, 2.75) is 6.61 Å². The molecule has 0 saturated carbocycles. The van der Waals surface area contributed by atoms with Gasteiger partial charge in [-0.1, -0.05) is 40.2 Å². The summed E-state index contributed by atoms with van der Waals surface area (Å²) in [6.07, 6.45) is 0. The minimum atomic E-state index is -0.457. The molecule has 4 nitrogen and oxygen atoms in total. The molecule has 2 aromatic rings. The molecule has 0 fully saturated rings. The molecule has 2 rings (SSSR count). The fourth-order valence-corrected chi connectivity index (χ4v) is 2.28. The molecule has 110 valence electrons. The third-order valence-electron chi connectivity index (χ3n) is 2.94. The molecule has 0 aliphatic rings. The van der Waals surface area contributed by atoms with Crippen LogP contribution in [0, 0.1) is 0 Å². The fraction of sp³-hybridized carbons (Fsp3) is 0.188. The molecule has 0 radical (unpaired) electrons. The van der Waals surface area contributed by atoms with E-state index >= 15 is 0 Å². The van der Waals surface area contributed by atoms with Crippen LogP contribution in [0.4, 0.5) is 0 Å². The Labute approximate surface area is 131 Å². The number of ether oxygens (including phenoxy) is 3. The second-order valence-corrected chi connectivity index (χ2v) is 5.06. The van der Waals surface area contributed by atoms with Gasteiger partial charge < -0.3 is 14.2 Å². The summed E-state index contributed by atoms with van der Waals surface area (Å²) in [7, 11) is 3.01. The molecule has 0 unspecified atom stereocenters. The van der Waals surface area contributed by atoms with Crippen molar-refractivity contribution in [3.05, 3.63) is 58.1 Å². The van der Waals surface area contributed by atoms with Crippen LogP contribution in [0.3, 0.4) is 0 Å². The Hall–Kier alpha value is -2.01. The largest absolute Gasteiger partial charge is 0.493 e. The van der Waals surface area contributed by atoms with Crippen LogP contribution >= 0.6 is 15.9 Å². The summed E-state index contributed by atoms with van der Waals surface area (Å²) >= 11 is 3.42. The SMILES string of the molecule is COc1cccc(C(=O)OCc2ccccc2Br)c1OC. The van der Waals surface area contributed by atoms with Gasteiger partial charge in [0.15, 0.2) is 11.5 Å². The summed E-state index contributed by atoms with van der Waals surface area (Å²) in [6.45, 7) is 0.181. The standard InChI is InChI=1S/C16H15BrO4/c1-19-14-9-5-7-12(15(14)20-2)16(18)21-10-11-6-3-4-8-13(11)17/h3-9H,10H2,1-2H3. The van der Waals surface area contributed by atoms with E-state index in [9.17, 15) is 4.79 Å². The molecule has 0 spiro atoms.